The molecule has 3 atom stereocenters. The zero-order chi connectivity index (χ0) is 22.4. The van der Waals surface area contributed by atoms with E-state index in [1.807, 2.05) is 0 Å². The molecular formula is C30H29N3. The molecule has 3 nitrogen and oxygen atoms in total. The Balaban J connectivity index is 1.42. The Morgan fingerprint density at radius 2 is 1.21 bits per heavy atom. The van der Waals surface area contributed by atoms with Crippen LogP contribution in [-0.4, -0.2) is 18.0 Å². The lowest BCUT2D eigenvalue weighted by Crippen LogP contribution is -2.41. The van der Waals surface area contributed by atoms with E-state index in [0.717, 1.165) is 29.2 Å². The number of fused-ring (bicyclic) bond motifs is 1. The lowest BCUT2D eigenvalue weighted by atomic mass is 9.79. The maximum atomic E-state index is 3.60. The summed E-state index contributed by atoms with van der Waals surface area (Å²) in [5, 5.41) is 7.20. The summed E-state index contributed by atoms with van der Waals surface area (Å²) in [6, 6.07) is 35.6. The Morgan fingerprint density at radius 1 is 0.636 bits per heavy atom. The van der Waals surface area contributed by atoms with Crippen molar-refractivity contribution in [2.45, 2.75) is 31.3 Å². The van der Waals surface area contributed by atoms with E-state index in [1.165, 1.54) is 22.3 Å². The molecule has 2 bridgehead atoms. The summed E-state index contributed by atoms with van der Waals surface area (Å²) in [5.41, 5.74) is 10.4. The minimum Gasteiger partial charge on any atom is -0.356 e. The fraction of sp³-hybridized carbons (Fsp3) is 0.200. The third-order valence-corrected chi connectivity index (χ3v) is 7.42. The van der Waals surface area contributed by atoms with Crippen LogP contribution in [0.4, 0.5) is 22.7 Å². The molecule has 2 heterocycles. The minimum absolute atomic E-state index is 0.341. The van der Waals surface area contributed by atoms with Gasteiger partial charge in [-0.05, 0) is 91.2 Å². The second-order valence-corrected chi connectivity index (χ2v) is 9.34. The zero-order valence-electron chi connectivity index (χ0n) is 19.1. The largest absolute Gasteiger partial charge is 0.356 e. The highest BCUT2D eigenvalue weighted by Crippen LogP contribution is 2.50. The van der Waals surface area contributed by atoms with Gasteiger partial charge in [0.25, 0.3) is 0 Å². The molecule has 0 amide bonds. The molecule has 3 aliphatic rings. The Kier molecular flexibility index (Phi) is 4.92. The van der Waals surface area contributed by atoms with Crippen LogP contribution in [0.5, 0.6) is 0 Å². The van der Waals surface area contributed by atoms with Crippen LogP contribution in [0.15, 0.2) is 97.1 Å². The summed E-state index contributed by atoms with van der Waals surface area (Å²) in [7, 11) is 2.29. The van der Waals surface area contributed by atoms with Crippen LogP contribution in [0.3, 0.4) is 0 Å². The van der Waals surface area contributed by atoms with Crippen LogP contribution in [0.25, 0.3) is 0 Å². The molecule has 0 aromatic heterocycles. The molecule has 0 radical (unpaired) electrons. The van der Waals surface area contributed by atoms with E-state index in [9.17, 15) is 0 Å². The molecule has 1 aliphatic carbocycles. The zero-order valence-corrected chi connectivity index (χ0v) is 19.1. The number of nitrogens with zero attached hydrogens (tertiary/aromatic N) is 1. The molecule has 7 rings (SSSR count). The third kappa shape index (κ3) is 3.59. The predicted molar refractivity (Wildman–Crippen MR) is 138 cm³/mol. The lowest BCUT2D eigenvalue weighted by Gasteiger charge is -2.42. The molecule has 0 saturated heterocycles. The summed E-state index contributed by atoms with van der Waals surface area (Å²) in [6.07, 6.45) is 1.05. The van der Waals surface area contributed by atoms with E-state index >= 15 is 0 Å². The van der Waals surface area contributed by atoms with Gasteiger partial charge in [0.15, 0.2) is 0 Å². The molecule has 164 valence electrons. The number of para-hydroxylation sites is 2. The number of anilines is 4. The monoisotopic (exact) mass is 431 g/mol. The first-order chi connectivity index (χ1) is 16.2. The van der Waals surface area contributed by atoms with E-state index in [0.29, 0.717) is 18.0 Å². The molecule has 4 aromatic rings. The third-order valence-electron chi connectivity index (χ3n) is 7.42. The number of likely N-dealkylation sites (N-methyl/N-ethyl adjacent to an activating group) is 1. The van der Waals surface area contributed by atoms with Crippen LogP contribution in [0.1, 0.15) is 41.1 Å². The summed E-state index contributed by atoms with van der Waals surface area (Å²) in [6.45, 7) is 2.38. The number of nitrogens with one attached hydrogen (secondary N) is 2. The summed E-state index contributed by atoms with van der Waals surface area (Å²) in [4.78, 5) is 2.57. The van der Waals surface area contributed by atoms with Crippen molar-refractivity contribution >= 4 is 22.7 Å². The fourth-order valence-corrected chi connectivity index (χ4v) is 5.64. The number of benzene rings is 4. The smallest absolute Gasteiger partial charge is 0.0391 e. The van der Waals surface area contributed by atoms with E-state index in [-0.39, 0.29) is 0 Å². The van der Waals surface area contributed by atoms with Gasteiger partial charge in [0, 0.05) is 40.8 Å². The first kappa shape index (κ1) is 20.1. The Morgan fingerprint density at radius 3 is 1.85 bits per heavy atom. The van der Waals surface area contributed by atoms with E-state index in [4.69, 9.17) is 0 Å². The highest BCUT2D eigenvalue weighted by molar-refractivity contribution is 5.66. The Bertz CT molecular complexity index is 1280. The maximum absolute atomic E-state index is 3.60. The fourth-order valence-electron chi connectivity index (χ4n) is 5.64. The number of rotatable bonds is 4. The van der Waals surface area contributed by atoms with Crippen molar-refractivity contribution in [1.82, 2.24) is 4.90 Å². The Hall–Kier alpha value is -3.56. The van der Waals surface area contributed by atoms with Crippen LogP contribution in [0, 0.1) is 0 Å². The molecule has 2 N–H and O–H groups in total. The average Bonchev–Trinajstić information content (AvgIpc) is 3.04. The van der Waals surface area contributed by atoms with Crippen LogP contribution < -0.4 is 10.6 Å². The maximum Gasteiger partial charge on any atom is 0.0391 e. The second kappa shape index (κ2) is 8.09. The van der Waals surface area contributed by atoms with Gasteiger partial charge >= 0.3 is 0 Å². The molecule has 0 spiro atoms. The van der Waals surface area contributed by atoms with Crippen LogP contribution in [0.2, 0.25) is 0 Å². The molecular weight excluding hydrogens is 402 g/mol. The Labute approximate surface area is 196 Å². The van der Waals surface area contributed by atoms with Gasteiger partial charge in [0.1, 0.15) is 0 Å². The topological polar surface area (TPSA) is 27.3 Å². The molecule has 2 aliphatic heterocycles. The van der Waals surface area contributed by atoms with E-state index < -0.39 is 0 Å². The number of hydrogen-bond donors (Lipinski definition) is 2. The molecule has 33 heavy (non-hydrogen) atoms. The normalized spacial score (nSPS) is 21.1. The van der Waals surface area contributed by atoms with E-state index in [1.54, 1.807) is 0 Å². The molecule has 3 heteroatoms. The van der Waals surface area contributed by atoms with Crippen molar-refractivity contribution in [3.8, 4) is 0 Å². The summed E-state index contributed by atoms with van der Waals surface area (Å²) in [5.74, 6) is 0.341. The van der Waals surface area contributed by atoms with E-state index in [2.05, 4.69) is 127 Å². The van der Waals surface area contributed by atoms with Gasteiger partial charge in [0.05, 0.1) is 0 Å². The summed E-state index contributed by atoms with van der Waals surface area (Å²) >= 11 is 0. The van der Waals surface area contributed by atoms with Crippen LogP contribution >= 0.6 is 0 Å². The van der Waals surface area contributed by atoms with Crippen molar-refractivity contribution < 1.29 is 0 Å². The highest BCUT2D eigenvalue weighted by Gasteiger charge is 2.41. The first-order valence-electron chi connectivity index (χ1n) is 11.8. The lowest BCUT2D eigenvalue weighted by molar-refractivity contribution is 0.160. The van der Waals surface area contributed by atoms with Crippen molar-refractivity contribution in [1.29, 1.82) is 0 Å². The van der Waals surface area contributed by atoms with Crippen molar-refractivity contribution in [2.75, 3.05) is 17.7 Å². The predicted octanol–water partition coefficient (Wildman–Crippen LogP) is 7.24. The van der Waals surface area contributed by atoms with Crippen molar-refractivity contribution in [3.05, 3.63) is 119 Å². The second-order valence-electron chi connectivity index (χ2n) is 9.34. The van der Waals surface area contributed by atoms with Crippen LogP contribution in [-0.2, 0) is 6.42 Å². The van der Waals surface area contributed by atoms with Gasteiger partial charge in [-0.1, -0.05) is 48.5 Å². The minimum atomic E-state index is 0.341. The van der Waals surface area contributed by atoms with Gasteiger partial charge < -0.3 is 10.6 Å². The standard InChI is InChI=1S/C30H29N3/c1-20-30-27-18-24(31-22-9-5-3-6-10-22)14-13-21(27)17-29(33(20)2)26-16-15-25(19-28(26)30)32-23-11-7-4-8-12-23/h3-16,18-20,29-32H,17H2,1-2H3/t20-,29+,30+/m1/s1. The quantitative estimate of drug-likeness (QED) is 0.357. The first-order valence-corrected chi connectivity index (χ1v) is 11.8. The summed E-state index contributed by atoms with van der Waals surface area (Å²) < 4.78 is 0. The van der Waals surface area contributed by atoms with Gasteiger partial charge in [-0.15, -0.1) is 0 Å². The number of hydrogen-bond acceptors (Lipinski definition) is 3. The molecule has 0 fully saturated rings. The molecule has 4 aromatic carbocycles. The van der Waals surface area contributed by atoms with Gasteiger partial charge in [0.2, 0.25) is 0 Å². The SMILES string of the molecule is C[C@@H]1[C@H]2c3cc(Nc4ccccc4)ccc3C[C@@H](c3ccc(Nc4ccccc4)cc32)N1C. The van der Waals surface area contributed by atoms with Gasteiger partial charge in [-0.25, -0.2) is 0 Å². The molecule has 0 saturated carbocycles. The van der Waals surface area contributed by atoms with Crippen molar-refractivity contribution in [3.63, 3.8) is 0 Å². The highest BCUT2D eigenvalue weighted by atomic mass is 15.2. The van der Waals surface area contributed by atoms with Gasteiger partial charge in [-0.2, -0.15) is 0 Å². The molecule has 0 unspecified atom stereocenters. The van der Waals surface area contributed by atoms with Crippen molar-refractivity contribution in [2.24, 2.45) is 0 Å². The van der Waals surface area contributed by atoms with Gasteiger partial charge in [-0.3, -0.25) is 4.90 Å². The average molecular weight is 432 g/mol.